The van der Waals surface area contributed by atoms with Gasteiger partial charge in [-0.3, -0.25) is 4.79 Å². The second-order valence-corrected chi connectivity index (χ2v) is 9.47. The van der Waals surface area contributed by atoms with Crippen molar-refractivity contribution in [3.05, 3.63) is 119 Å². The molecule has 0 radical (unpaired) electrons. The first kappa shape index (κ1) is 22.6. The van der Waals surface area contributed by atoms with Gasteiger partial charge in [0.25, 0.3) is 5.91 Å². The standard InChI is InChI=1S/C29H22N6OS/c1-20-25-17-26(37-29(25)35(32-20)24-15-9-4-10-16-24)28(36)31-30-18-22-19-34(23-13-7-3-8-14-23)33-27(22)21-11-5-2-6-12-21/h2-19H,1H3,(H,31,36)/b30-18+. The van der Waals surface area contributed by atoms with Gasteiger partial charge in [0.15, 0.2) is 0 Å². The van der Waals surface area contributed by atoms with E-state index in [1.807, 2.05) is 120 Å². The van der Waals surface area contributed by atoms with Gasteiger partial charge in [-0.2, -0.15) is 15.3 Å². The molecule has 3 aromatic carbocycles. The minimum Gasteiger partial charge on any atom is -0.266 e. The molecule has 6 rings (SSSR count). The summed E-state index contributed by atoms with van der Waals surface area (Å²) in [5.74, 6) is -0.270. The van der Waals surface area contributed by atoms with Crippen molar-refractivity contribution >= 4 is 33.7 Å². The van der Waals surface area contributed by atoms with Gasteiger partial charge in [0.05, 0.1) is 28.2 Å². The van der Waals surface area contributed by atoms with Crippen LogP contribution < -0.4 is 5.43 Å². The summed E-state index contributed by atoms with van der Waals surface area (Å²) in [6.45, 7) is 1.95. The fourth-order valence-corrected chi connectivity index (χ4v) is 5.21. The Bertz CT molecular complexity index is 1720. The van der Waals surface area contributed by atoms with Crippen molar-refractivity contribution in [2.24, 2.45) is 5.10 Å². The van der Waals surface area contributed by atoms with Crippen LogP contribution >= 0.6 is 11.3 Å². The maximum atomic E-state index is 13.0. The smallest absolute Gasteiger partial charge is 0.266 e. The van der Waals surface area contributed by atoms with Crippen LogP contribution in [0, 0.1) is 6.92 Å². The lowest BCUT2D eigenvalue weighted by Gasteiger charge is -2.01. The van der Waals surface area contributed by atoms with E-state index in [0.29, 0.717) is 4.88 Å². The molecule has 3 heterocycles. The quantitative estimate of drug-likeness (QED) is 0.224. The molecule has 0 aliphatic rings. The number of benzene rings is 3. The number of para-hydroxylation sites is 2. The van der Waals surface area contributed by atoms with E-state index in [4.69, 9.17) is 5.10 Å². The number of hydrogen-bond donors (Lipinski definition) is 1. The van der Waals surface area contributed by atoms with E-state index in [2.05, 4.69) is 15.6 Å². The lowest BCUT2D eigenvalue weighted by Crippen LogP contribution is -2.16. The Balaban J connectivity index is 1.27. The number of nitrogens with one attached hydrogen (secondary N) is 1. The van der Waals surface area contributed by atoms with Crippen LogP contribution in [0.15, 0.2) is 108 Å². The van der Waals surface area contributed by atoms with Gasteiger partial charge in [0.1, 0.15) is 10.5 Å². The van der Waals surface area contributed by atoms with Crippen molar-refractivity contribution in [1.29, 1.82) is 0 Å². The molecule has 0 saturated heterocycles. The summed E-state index contributed by atoms with van der Waals surface area (Å²) in [5.41, 5.74) is 7.99. The molecule has 7 nitrogen and oxygen atoms in total. The predicted octanol–water partition coefficient (Wildman–Crippen LogP) is 6.01. The third-order valence-corrected chi connectivity index (χ3v) is 7.06. The first-order chi connectivity index (χ1) is 18.2. The zero-order valence-corrected chi connectivity index (χ0v) is 20.8. The number of aryl methyl sites for hydroxylation is 1. The molecular weight excluding hydrogens is 480 g/mol. The first-order valence-electron chi connectivity index (χ1n) is 11.8. The van der Waals surface area contributed by atoms with E-state index in [9.17, 15) is 4.79 Å². The number of nitrogens with zero attached hydrogens (tertiary/aromatic N) is 5. The highest BCUT2D eigenvalue weighted by Crippen LogP contribution is 2.30. The van der Waals surface area contributed by atoms with Crippen LogP contribution in [0.25, 0.3) is 32.8 Å². The number of rotatable bonds is 6. The third-order valence-electron chi connectivity index (χ3n) is 5.95. The van der Waals surface area contributed by atoms with Crippen LogP contribution in [0.3, 0.4) is 0 Å². The highest BCUT2D eigenvalue weighted by molar-refractivity contribution is 7.20. The van der Waals surface area contributed by atoms with E-state index in [1.165, 1.54) is 11.3 Å². The van der Waals surface area contributed by atoms with E-state index < -0.39 is 0 Å². The molecule has 0 spiro atoms. The summed E-state index contributed by atoms with van der Waals surface area (Å²) >= 11 is 1.39. The lowest BCUT2D eigenvalue weighted by atomic mass is 10.1. The molecule has 0 aliphatic heterocycles. The number of hydrazone groups is 1. The van der Waals surface area contributed by atoms with Gasteiger partial charge in [-0.15, -0.1) is 11.3 Å². The summed E-state index contributed by atoms with van der Waals surface area (Å²) in [4.78, 5) is 14.5. The van der Waals surface area contributed by atoms with Gasteiger partial charge in [-0.05, 0) is 37.3 Å². The second kappa shape index (κ2) is 9.67. The summed E-state index contributed by atoms with van der Waals surface area (Å²) < 4.78 is 3.69. The Morgan fingerprint density at radius 2 is 1.54 bits per heavy atom. The summed E-state index contributed by atoms with van der Waals surface area (Å²) in [6.07, 6.45) is 3.54. The van der Waals surface area contributed by atoms with Crippen molar-refractivity contribution in [3.63, 3.8) is 0 Å². The molecule has 3 aromatic heterocycles. The zero-order chi connectivity index (χ0) is 25.2. The lowest BCUT2D eigenvalue weighted by molar-refractivity contribution is 0.0959. The summed E-state index contributed by atoms with van der Waals surface area (Å²) in [7, 11) is 0. The van der Waals surface area contributed by atoms with Crippen LogP contribution in [0.4, 0.5) is 0 Å². The second-order valence-electron chi connectivity index (χ2n) is 8.44. The molecular formula is C29H22N6OS. The van der Waals surface area contributed by atoms with Crippen molar-refractivity contribution < 1.29 is 4.79 Å². The summed E-state index contributed by atoms with van der Waals surface area (Å²) in [6, 6.07) is 31.6. The molecule has 37 heavy (non-hydrogen) atoms. The molecule has 6 aromatic rings. The average molecular weight is 503 g/mol. The molecule has 1 amide bonds. The van der Waals surface area contributed by atoms with E-state index >= 15 is 0 Å². The van der Waals surface area contributed by atoms with Crippen LogP contribution in [0.5, 0.6) is 0 Å². The Labute approximate surface area is 217 Å². The number of amides is 1. The number of aromatic nitrogens is 4. The van der Waals surface area contributed by atoms with E-state index in [1.54, 1.807) is 6.21 Å². The molecule has 0 unspecified atom stereocenters. The highest BCUT2D eigenvalue weighted by Gasteiger charge is 2.17. The normalized spacial score (nSPS) is 11.4. The van der Waals surface area contributed by atoms with Crippen LogP contribution in [0.2, 0.25) is 0 Å². The fourth-order valence-electron chi connectivity index (χ4n) is 4.13. The first-order valence-corrected chi connectivity index (χ1v) is 12.6. The largest absolute Gasteiger partial charge is 0.281 e. The van der Waals surface area contributed by atoms with Crippen LogP contribution in [0.1, 0.15) is 20.9 Å². The molecule has 180 valence electrons. The molecule has 0 atom stereocenters. The molecule has 0 saturated carbocycles. The molecule has 0 bridgehead atoms. The Morgan fingerprint density at radius 1 is 0.892 bits per heavy atom. The van der Waals surface area contributed by atoms with E-state index in [0.717, 1.165) is 44.1 Å². The summed E-state index contributed by atoms with van der Waals surface area (Å²) in [5, 5.41) is 14.7. The molecule has 0 aliphatic carbocycles. The maximum absolute atomic E-state index is 13.0. The van der Waals surface area contributed by atoms with Crippen molar-refractivity contribution in [3.8, 4) is 22.6 Å². The van der Waals surface area contributed by atoms with Crippen LogP contribution in [-0.2, 0) is 0 Å². The monoisotopic (exact) mass is 502 g/mol. The van der Waals surface area contributed by atoms with Crippen LogP contribution in [-0.4, -0.2) is 31.7 Å². The van der Waals surface area contributed by atoms with Crippen molar-refractivity contribution in [2.45, 2.75) is 6.92 Å². The average Bonchev–Trinajstić information content (AvgIpc) is 3.65. The van der Waals surface area contributed by atoms with Crippen molar-refractivity contribution in [2.75, 3.05) is 0 Å². The SMILES string of the molecule is Cc1nn(-c2ccccc2)c2sc(C(=O)N/N=C/c3cn(-c4ccccc4)nc3-c3ccccc3)cc12. The molecule has 0 fully saturated rings. The predicted molar refractivity (Wildman–Crippen MR) is 148 cm³/mol. The van der Waals surface area contributed by atoms with Crippen molar-refractivity contribution in [1.82, 2.24) is 25.0 Å². The van der Waals surface area contributed by atoms with Gasteiger partial charge >= 0.3 is 0 Å². The number of carbonyl (C=O) groups is 1. The van der Waals surface area contributed by atoms with Gasteiger partial charge in [0, 0.05) is 22.7 Å². The molecule has 1 N–H and O–H groups in total. The van der Waals surface area contributed by atoms with Gasteiger partial charge < -0.3 is 0 Å². The maximum Gasteiger partial charge on any atom is 0.281 e. The highest BCUT2D eigenvalue weighted by atomic mass is 32.1. The Kier molecular flexibility index (Phi) is 5.92. The fraction of sp³-hybridized carbons (Fsp3) is 0.0345. The van der Waals surface area contributed by atoms with E-state index in [-0.39, 0.29) is 5.91 Å². The zero-order valence-electron chi connectivity index (χ0n) is 19.9. The number of fused-ring (bicyclic) bond motifs is 1. The Morgan fingerprint density at radius 3 is 2.24 bits per heavy atom. The third kappa shape index (κ3) is 4.46. The number of hydrogen-bond acceptors (Lipinski definition) is 5. The molecule has 8 heteroatoms. The minimum absolute atomic E-state index is 0.270. The number of thiophene rings is 1. The van der Waals surface area contributed by atoms with Gasteiger partial charge in [-0.25, -0.2) is 14.8 Å². The number of carbonyl (C=O) groups excluding carboxylic acids is 1. The van der Waals surface area contributed by atoms with Gasteiger partial charge in [0.2, 0.25) is 0 Å². The topological polar surface area (TPSA) is 77.1 Å². The Hall–Kier alpha value is -4.82. The van der Waals surface area contributed by atoms with Gasteiger partial charge in [-0.1, -0.05) is 66.7 Å². The minimum atomic E-state index is -0.270.